The van der Waals surface area contributed by atoms with Gasteiger partial charge in [0.05, 0.1) is 5.60 Å². The van der Waals surface area contributed by atoms with Crippen molar-refractivity contribution >= 4 is 0 Å². The third kappa shape index (κ3) is 6.40. The minimum absolute atomic E-state index is 0.121. The summed E-state index contributed by atoms with van der Waals surface area (Å²) in [5, 5.41) is 0. The molecule has 0 N–H and O–H groups in total. The van der Waals surface area contributed by atoms with Crippen LogP contribution in [0.2, 0.25) is 0 Å². The molecule has 2 rings (SSSR count). The predicted molar refractivity (Wildman–Crippen MR) is 123 cm³/mol. The Labute approximate surface area is 177 Å². The molecule has 1 nitrogen and oxygen atoms in total. The summed E-state index contributed by atoms with van der Waals surface area (Å²) in [5.41, 5.74) is 3.20. The highest BCUT2D eigenvalue weighted by Gasteiger charge is 2.36. The van der Waals surface area contributed by atoms with Crippen LogP contribution in [0.4, 0.5) is 4.39 Å². The fourth-order valence-electron chi connectivity index (χ4n) is 4.61. The van der Waals surface area contributed by atoms with Crippen molar-refractivity contribution in [3.63, 3.8) is 0 Å². The van der Waals surface area contributed by atoms with Crippen molar-refractivity contribution in [1.82, 2.24) is 0 Å². The zero-order chi connectivity index (χ0) is 21.1. The van der Waals surface area contributed by atoms with Gasteiger partial charge in [0.15, 0.2) is 0 Å². The Morgan fingerprint density at radius 1 is 0.828 bits per heavy atom. The second kappa shape index (κ2) is 12.1. The van der Waals surface area contributed by atoms with Gasteiger partial charge in [-0.05, 0) is 48.1 Å². The van der Waals surface area contributed by atoms with E-state index in [2.05, 4.69) is 45.0 Å². The van der Waals surface area contributed by atoms with Crippen molar-refractivity contribution in [2.24, 2.45) is 0 Å². The molecule has 0 amide bonds. The summed E-state index contributed by atoms with van der Waals surface area (Å²) in [6.07, 6.45) is 11.0. The van der Waals surface area contributed by atoms with E-state index in [4.69, 9.17) is 4.74 Å². The molecule has 0 saturated heterocycles. The van der Waals surface area contributed by atoms with Gasteiger partial charge in [0.2, 0.25) is 0 Å². The van der Waals surface area contributed by atoms with E-state index in [9.17, 15) is 4.39 Å². The molecule has 0 fully saturated rings. The number of benzene rings is 2. The summed E-state index contributed by atoms with van der Waals surface area (Å²) in [7, 11) is 1.86. The average Bonchev–Trinajstić information content (AvgIpc) is 2.76. The maximum atomic E-state index is 13.6. The summed E-state index contributed by atoms with van der Waals surface area (Å²) < 4.78 is 19.7. The van der Waals surface area contributed by atoms with E-state index in [0.29, 0.717) is 5.92 Å². The van der Waals surface area contributed by atoms with Crippen molar-refractivity contribution in [1.29, 1.82) is 0 Å². The fraction of sp³-hybridized carbons (Fsp3) is 0.556. The van der Waals surface area contributed by atoms with Crippen LogP contribution in [0.15, 0.2) is 48.5 Å². The molecule has 0 spiro atoms. The first-order valence-electron chi connectivity index (χ1n) is 11.5. The molecule has 160 valence electrons. The Bertz CT molecular complexity index is 694. The van der Waals surface area contributed by atoms with Gasteiger partial charge in [-0.3, -0.25) is 0 Å². The Hall–Kier alpha value is -1.67. The molecular weight excluding hydrogens is 359 g/mol. The molecule has 0 saturated carbocycles. The molecule has 0 bridgehead atoms. The number of rotatable bonds is 13. The summed E-state index contributed by atoms with van der Waals surface area (Å²) in [5.74, 6) is 0.193. The van der Waals surface area contributed by atoms with Crippen molar-refractivity contribution < 1.29 is 9.13 Å². The summed E-state index contributed by atoms with van der Waals surface area (Å²) in [4.78, 5) is 0. The lowest BCUT2D eigenvalue weighted by molar-refractivity contribution is -0.0425. The molecule has 2 aromatic carbocycles. The molecule has 0 aromatic heterocycles. The molecule has 0 radical (unpaired) electrons. The molecule has 29 heavy (non-hydrogen) atoms. The first-order chi connectivity index (χ1) is 14.1. The zero-order valence-electron chi connectivity index (χ0n) is 18.8. The monoisotopic (exact) mass is 398 g/mol. The summed E-state index contributed by atoms with van der Waals surface area (Å²) in [6.45, 7) is 6.74. The lowest BCUT2D eigenvalue weighted by atomic mass is 9.75. The van der Waals surface area contributed by atoms with Gasteiger partial charge < -0.3 is 4.74 Å². The van der Waals surface area contributed by atoms with E-state index >= 15 is 0 Å². The zero-order valence-corrected chi connectivity index (χ0v) is 18.8. The first kappa shape index (κ1) is 23.6. The number of methoxy groups -OCH3 is 1. The molecule has 1 unspecified atom stereocenters. The van der Waals surface area contributed by atoms with Gasteiger partial charge in [-0.1, -0.05) is 95.7 Å². The van der Waals surface area contributed by atoms with E-state index in [0.717, 1.165) is 30.4 Å². The number of hydrogen-bond acceptors (Lipinski definition) is 1. The standard InChI is InChI=1S/C27H39FO/c1-5-8-9-10-11-12-16-26(27(6-2,7-3)29-4)23-19-17-22(18-20-23)24-14-13-15-25(28)21-24/h13-15,17-21,26H,5-12,16H2,1-4H3. The molecule has 2 aromatic rings. The van der Waals surface area contributed by atoms with Crippen LogP contribution in [-0.2, 0) is 4.74 Å². The van der Waals surface area contributed by atoms with Gasteiger partial charge >= 0.3 is 0 Å². The van der Waals surface area contributed by atoms with Crippen molar-refractivity contribution in [3.8, 4) is 11.1 Å². The SMILES string of the molecule is CCCCCCCCC(c1ccc(-c2cccc(F)c2)cc1)C(CC)(CC)OC. The van der Waals surface area contributed by atoms with Crippen LogP contribution >= 0.6 is 0 Å². The highest BCUT2D eigenvalue weighted by molar-refractivity contribution is 5.63. The van der Waals surface area contributed by atoms with E-state index in [1.807, 2.05) is 13.2 Å². The van der Waals surface area contributed by atoms with Gasteiger partial charge in [-0.25, -0.2) is 4.39 Å². The van der Waals surface area contributed by atoms with Crippen LogP contribution < -0.4 is 0 Å². The number of hydrogen-bond donors (Lipinski definition) is 0. The minimum Gasteiger partial charge on any atom is -0.378 e. The van der Waals surface area contributed by atoms with Gasteiger partial charge in [0, 0.05) is 13.0 Å². The summed E-state index contributed by atoms with van der Waals surface area (Å²) in [6, 6.07) is 15.5. The van der Waals surface area contributed by atoms with Gasteiger partial charge in [0.25, 0.3) is 0 Å². The van der Waals surface area contributed by atoms with Crippen LogP contribution in [0.5, 0.6) is 0 Å². The van der Waals surface area contributed by atoms with Crippen molar-refractivity contribution in [2.75, 3.05) is 7.11 Å². The summed E-state index contributed by atoms with van der Waals surface area (Å²) >= 11 is 0. The normalized spacial score (nSPS) is 12.9. The third-order valence-electron chi connectivity index (χ3n) is 6.56. The molecular formula is C27H39FO. The molecule has 0 aliphatic heterocycles. The number of ether oxygens (including phenoxy) is 1. The maximum Gasteiger partial charge on any atom is 0.123 e. The quantitative estimate of drug-likeness (QED) is 0.307. The highest BCUT2D eigenvalue weighted by Crippen LogP contribution is 2.41. The van der Waals surface area contributed by atoms with E-state index in [-0.39, 0.29) is 11.4 Å². The molecule has 2 heteroatoms. The van der Waals surface area contributed by atoms with E-state index in [1.54, 1.807) is 12.1 Å². The fourth-order valence-corrected chi connectivity index (χ4v) is 4.61. The number of halogens is 1. The Morgan fingerprint density at radius 3 is 2.07 bits per heavy atom. The van der Waals surface area contributed by atoms with E-state index < -0.39 is 0 Å². The van der Waals surface area contributed by atoms with Crippen LogP contribution in [0.25, 0.3) is 11.1 Å². The maximum absolute atomic E-state index is 13.6. The highest BCUT2D eigenvalue weighted by atomic mass is 19.1. The topological polar surface area (TPSA) is 9.23 Å². The van der Waals surface area contributed by atoms with Crippen LogP contribution in [-0.4, -0.2) is 12.7 Å². The number of unbranched alkanes of at least 4 members (excludes halogenated alkanes) is 5. The average molecular weight is 399 g/mol. The third-order valence-corrected chi connectivity index (χ3v) is 6.56. The van der Waals surface area contributed by atoms with Crippen LogP contribution in [0.3, 0.4) is 0 Å². The van der Waals surface area contributed by atoms with Gasteiger partial charge in [0.1, 0.15) is 5.82 Å². The second-order valence-electron chi connectivity index (χ2n) is 8.22. The molecule has 1 atom stereocenters. The second-order valence-corrected chi connectivity index (χ2v) is 8.22. The van der Waals surface area contributed by atoms with Gasteiger partial charge in [-0.2, -0.15) is 0 Å². The van der Waals surface area contributed by atoms with Crippen molar-refractivity contribution in [2.45, 2.75) is 90.1 Å². The molecule has 0 aliphatic carbocycles. The Kier molecular flexibility index (Phi) is 9.87. The molecule has 0 heterocycles. The lowest BCUT2D eigenvalue weighted by Gasteiger charge is -2.39. The van der Waals surface area contributed by atoms with Crippen LogP contribution in [0.1, 0.15) is 90.0 Å². The smallest absolute Gasteiger partial charge is 0.123 e. The van der Waals surface area contributed by atoms with Crippen LogP contribution in [0, 0.1) is 5.82 Å². The minimum atomic E-state index is -0.192. The largest absolute Gasteiger partial charge is 0.378 e. The Balaban J connectivity index is 2.18. The van der Waals surface area contributed by atoms with Crippen molar-refractivity contribution in [3.05, 3.63) is 59.9 Å². The van der Waals surface area contributed by atoms with Gasteiger partial charge in [-0.15, -0.1) is 0 Å². The lowest BCUT2D eigenvalue weighted by Crippen LogP contribution is -2.37. The predicted octanol–water partition coefficient (Wildman–Crippen LogP) is 8.53. The first-order valence-corrected chi connectivity index (χ1v) is 11.5. The Morgan fingerprint density at radius 2 is 1.48 bits per heavy atom. The molecule has 0 aliphatic rings. The van der Waals surface area contributed by atoms with E-state index in [1.165, 1.54) is 50.2 Å².